The number of esters is 2. The maximum atomic E-state index is 15.2. The van der Waals surface area contributed by atoms with E-state index in [1.54, 1.807) is 56.4 Å². The number of carbonyl (C=O) groups is 8. The Balaban J connectivity index is 1.03. The number of amides is 6. The number of nitrogens with one attached hydrogen (secondary N) is 6. The first-order chi connectivity index (χ1) is 46.2. The number of aliphatic hydroxyl groups is 2. The highest BCUT2D eigenvalue weighted by molar-refractivity contribution is 7.14. The van der Waals surface area contributed by atoms with Gasteiger partial charge in [-0.05, 0) is 65.6 Å². The fourth-order valence-electron chi connectivity index (χ4n) is 11.8. The van der Waals surface area contributed by atoms with E-state index in [-0.39, 0.29) is 112 Å². The summed E-state index contributed by atoms with van der Waals surface area (Å²) in [5, 5.41) is 56.3. The van der Waals surface area contributed by atoms with Gasteiger partial charge in [-0.15, -0.1) is 56.7 Å². The Labute approximate surface area is 570 Å². The number of cyclic esters (lactones) is 2. The van der Waals surface area contributed by atoms with E-state index in [9.17, 15) is 44.1 Å². The highest BCUT2D eigenvalue weighted by atomic mass is 32.1. The average molecular weight is 1420 g/mol. The third-order valence-corrected chi connectivity index (χ3v) is 20.9. The van der Waals surface area contributed by atoms with Crippen LogP contribution >= 0.6 is 56.7 Å². The molecule has 8 aromatic rings. The molecule has 4 aliphatic rings. The van der Waals surface area contributed by atoms with E-state index in [0.29, 0.717) is 16.5 Å². The number of phenolic OH excluding ortho intramolecular Hbond substituents is 1. The number of aromatic nitrogens is 6. The lowest BCUT2D eigenvalue weighted by molar-refractivity contribution is -0.280. The van der Waals surface area contributed by atoms with Crippen molar-refractivity contribution >= 4 is 121 Å². The molecule has 35 heteroatoms. The van der Waals surface area contributed by atoms with Crippen molar-refractivity contribution in [1.29, 1.82) is 0 Å². The minimum Gasteiger partial charge on any atom is -0.507 e. The van der Waals surface area contributed by atoms with Crippen molar-refractivity contribution in [2.24, 2.45) is 5.73 Å². The van der Waals surface area contributed by atoms with Crippen LogP contribution in [0.15, 0.2) is 75.3 Å². The molecule has 11 N–H and O–H groups in total. The zero-order chi connectivity index (χ0) is 69.0. The molecule has 4 aliphatic heterocycles. The maximum absolute atomic E-state index is 15.2. The van der Waals surface area contributed by atoms with Crippen LogP contribution in [0.5, 0.6) is 5.75 Å². The fraction of sp³-hybridized carbons (Fsp3) is 0.339. The highest BCUT2D eigenvalue weighted by Gasteiger charge is 2.50. The summed E-state index contributed by atoms with van der Waals surface area (Å²) in [7, 11) is 4.89. The van der Waals surface area contributed by atoms with Gasteiger partial charge in [-0.1, -0.05) is 18.7 Å². The van der Waals surface area contributed by atoms with E-state index in [2.05, 4.69) is 53.1 Å². The van der Waals surface area contributed by atoms with Crippen LogP contribution in [0, 0.1) is 0 Å². The van der Waals surface area contributed by atoms with E-state index in [4.69, 9.17) is 44.1 Å². The maximum Gasteiger partial charge on any atom is 0.355 e. The summed E-state index contributed by atoms with van der Waals surface area (Å²) in [4.78, 5) is 142. The third-order valence-electron chi connectivity index (χ3n) is 16.4. The van der Waals surface area contributed by atoms with Gasteiger partial charge in [0.15, 0.2) is 12.4 Å². The van der Waals surface area contributed by atoms with Crippen molar-refractivity contribution in [3.8, 4) is 38.1 Å². The number of ether oxygens (including phenoxy) is 6. The van der Waals surface area contributed by atoms with E-state index < -0.39 is 127 Å². The zero-order valence-corrected chi connectivity index (χ0v) is 56.4. The van der Waals surface area contributed by atoms with Crippen LogP contribution in [0.4, 0.5) is 0 Å². The molecule has 97 heavy (non-hydrogen) atoms. The van der Waals surface area contributed by atoms with Crippen LogP contribution in [-0.2, 0) is 56.0 Å². The number of nitrogens with zero attached hydrogens (tertiary/aromatic N) is 6. The summed E-state index contributed by atoms with van der Waals surface area (Å²) in [5.74, 6) is -7.61. The number of likely N-dealkylation sites (N-methyl/N-ethyl adjacent to an activating group) is 1. The minimum atomic E-state index is -1.85. The van der Waals surface area contributed by atoms with Crippen molar-refractivity contribution in [3.05, 3.63) is 130 Å². The van der Waals surface area contributed by atoms with Gasteiger partial charge < -0.3 is 85.9 Å². The summed E-state index contributed by atoms with van der Waals surface area (Å²) >= 11 is 4.75. The van der Waals surface area contributed by atoms with E-state index in [0.717, 1.165) is 56.7 Å². The van der Waals surface area contributed by atoms with Crippen molar-refractivity contribution in [2.75, 3.05) is 27.8 Å². The molecule has 30 nitrogen and oxygen atoms in total. The van der Waals surface area contributed by atoms with Crippen molar-refractivity contribution in [3.63, 3.8) is 0 Å². The second kappa shape index (κ2) is 27.3. The summed E-state index contributed by atoms with van der Waals surface area (Å²) in [6.45, 7) is 8.17. The number of primary amides is 1. The summed E-state index contributed by atoms with van der Waals surface area (Å²) in [6.07, 6.45) is -7.27. The lowest BCUT2D eigenvalue weighted by Gasteiger charge is -2.48. The monoisotopic (exact) mass is 1420 g/mol. The second-order valence-electron chi connectivity index (χ2n) is 23.4. The molecule has 0 spiro atoms. The number of H-pyrrole nitrogens is 1. The molecule has 0 saturated carbocycles. The molecule has 12 bridgehead atoms. The second-order valence-corrected chi connectivity index (χ2v) is 27.7. The van der Waals surface area contributed by atoms with E-state index in [1.165, 1.54) is 54.6 Å². The van der Waals surface area contributed by atoms with Gasteiger partial charge in [0.25, 0.3) is 29.5 Å². The Morgan fingerprint density at radius 2 is 1.49 bits per heavy atom. The lowest BCUT2D eigenvalue weighted by atomic mass is 9.85. The van der Waals surface area contributed by atoms with Crippen molar-refractivity contribution < 1.29 is 82.1 Å². The Kier molecular flexibility index (Phi) is 19.1. The molecule has 0 radical (unpaired) electrons. The molecule has 2 aromatic carbocycles. The molecule has 1 saturated heterocycles. The number of phenols is 1. The smallest absolute Gasteiger partial charge is 0.355 e. The Morgan fingerprint density at radius 1 is 0.835 bits per heavy atom. The molecular formula is C62H61N13O17S5. The number of carbonyl (C=O) groups excluding carboxylic acids is 8. The number of aromatic hydroxyl groups is 1. The van der Waals surface area contributed by atoms with Crippen LogP contribution in [-0.4, -0.2) is 174 Å². The molecule has 1 fully saturated rings. The van der Waals surface area contributed by atoms with Gasteiger partial charge in [0.2, 0.25) is 5.91 Å². The number of methoxy groups -OCH3 is 1. The molecule has 10 unspecified atom stereocenters. The van der Waals surface area contributed by atoms with Crippen LogP contribution in [0.25, 0.3) is 49.0 Å². The predicted molar refractivity (Wildman–Crippen MR) is 351 cm³/mol. The largest absolute Gasteiger partial charge is 0.507 e. The number of aromatic amines is 1. The Hall–Kier alpha value is -9.27. The van der Waals surface area contributed by atoms with Gasteiger partial charge in [0, 0.05) is 60.9 Å². The summed E-state index contributed by atoms with van der Waals surface area (Å²) in [5.41, 5.74) is 4.22. The number of nitrogens with two attached hydrogens (primary N) is 1. The predicted octanol–water partition coefficient (Wildman–Crippen LogP) is 4.79. The number of benzene rings is 2. The standard InChI is InChI=1S/C62H61N13O17S5/c1-23(49(63)78)64-50(79)35-19-94-56(69-35)30-12-28-29(13-39(30)77)55-68-37(20-93-55)52(81)72-42(24(2)76)54(83)73-43(25(3)87-8)58-70-38(22-96-58)53(82)74-45-46-47(92-40-14-62(5,86)48(75(6)7)26(4)91-40)61(85)89-15-27-10-9-11-32-41(27)31(16-88-46)44(65-32)60(84)90-17-33(57-67-34(28)18-95-57)66-51(80)36-21-97-59(45)71-36/h9-13,18-22,24,26,33,40,42,45-48,65,76-77,86H,1,14-17H2,2-8H3,(H2,63,78)(H,64,79)(H,66,80)(H,72,81)(H,73,83)(H,74,82)/b43-25+. The Morgan fingerprint density at radius 3 is 2.22 bits per heavy atom. The summed E-state index contributed by atoms with van der Waals surface area (Å²) in [6, 6.07) is 2.88. The number of hydrogen-bond donors (Lipinski definition) is 10. The highest BCUT2D eigenvalue weighted by Crippen LogP contribution is 2.44. The first-order valence-corrected chi connectivity index (χ1v) is 34.0. The number of aliphatic hydroxyl groups excluding tert-OH is 1. The molecule has 0 aliphatic carbocycles. The SMILES string of the molecule is C=C(NC(=O)c1csc(-c2cc3c(cc2O)-c2nc(cs2)C(=O)NC(C(C)O)C(=O)N/C(=C(\C)OC)c2nc(cs2)C(=O)NC2c4nc(cs4)C(=O)NC(COC(=O)c4[nH]c5cccc6c5c4COC2C(OC2CC(C)(O)C(N(C)C)C(C)O2)C(=O)OC6)c2nc-3cs2)n1)C(N)=O. The number of rotatable bonds is 9. The van der Waals surface area contributed by atoms with Crippen molar-refractivity contribution in [1.82, 2.24) is 61.4 Å². The van der Waals surface area contributed by atoms with Gasteiger partial charge in [-0.3, -0.25) is 28.8 Å². The zero-order valence-electron chi connectivity index (χ0n) is 52.4. The first-order valence-electron chi connectivity index (χ1n) is 29.7. The summed E-state index contributed by atoms with van der Waals surface area (Å²) < 4.78 is 37.8. The lowest BCUT2D eigenvalue weighted by Crippen LogP contribution is -2.62. The van der Waals surface area contributed by atoms with Gasteiger partial charge in [0.05, 0.1) is 54.5 Å². The normalized spacial score (nSPS) is 24.1. The van der Waals surface area contributed by atoms with Crippen LogP contribution in [0.3, 0.4) is 0 Å². The fourth-order valence-corrected chi connectivity index (χ4v) is 16.0. The van der Waals surface area contributed by atoms with E-state index in [1.807, 2.05) is 0 Å². The quantitative estimate of drug-likeness (QED) is 0.0527. The van der Waals surface area contributed by atoms with Gasteiger partial charge in [0.1, 0.15) is 108 Å². The molecule has 12 rings (SSSR count). The number of allylic oxidation sites excluding steroid dienone is 1. The van der Waals surface area contributed by atoms with Gasteiger partial charge in [-0.2, -0.15) is 0 Å². The molecule has 10 atom stereocenters. The first kappa shape index (κ1) is 67.7. The molecular weight excluding hydrogens is 1360 g/mol. The third kappa shape index (κ3) is 13.6. The van der Waals surface area contributed by atoms with Crippen LogP contribution in [0.1, 0.15) is 125 Å². The van der Waals surface area contributed by atoms with Gasteiger partial charge in [-0.25, -0.2) is 34.5 Å². The number of fused-ring (bicyclic) bond motifs is 15. The molecule has 6 amide bonds. The molecule has 6 aromatic heterocycles. The van der Waals surface area contributed by atoms with E-state index >= 15 is 9.59 Å². The molecule has 506 valence electrons. The average Bonchev–Trinajstić information content (AvgIpc) is 1.76. The number of thiazole rings is 5. The van der Waals surface area contributed by atoms with Crippen molar-refractivity contribution in [2.45, 2.75) is 108 Å². The number of hydrogen-bond acceptors (Lipinski definition) is 28. The minimum absolute atomic E-state index is 0.00840. The topological polar surface area (TPSA) is 422 Å². The van der Waals surface area contributed by atoms with Crippen LogP contribution in [0.2, 0.25) is 0 Å². The van der Waals surface area contributed by atoms with Gasteiger partial charge >= 0.3 is 11.9 Å². The molecule has 10 heterocycles. The van der Waals surface area contributed by atoms with Crippen LogP contribution < -0.4 is 32.3 Å². The Bertz CT molecular complexity index is 4540.